The summed E-state index contributed by atoms with van der Waals surface area (Å²) in [5, 5.41) is 6.05. The summed E-state index contributed by atoms with van der Waals surface area (Å²) in [6.07, 6.45) is 3.81. The first-order valence-electron chi connectivity index (χ1n) is 6.63. The topological polar surface area (TPSA) is 88.6 Å². The molecule has 22 heavy (non-hydrogen) atoms. The predicted molar refractivity (Wildman–Crippen MR) is 80.8 cm³/mol. The van der Waals surface area contributed by atoms with Gasteiger partial charge in [-0.2, -0.15) is 0 Å². The van der Waals surface area contributed by atoms with Crippen molar-refractivity contribution in [3.05, 3.63) is 64.1 Å². The normalized spacial score (nSPS) is 10.5. The minimum Gasteiger partial charge on any atom is -0.290 e. The van der Waals surface area contributed by atoms with Crippen molar-refractivity contribution in [3.63, 3.8) is 0 Å². The number of aromatic amines is 1. The molecule has 3 aromatic heterocycles. The van der Waals surface area contributed by atoms with E-state index in [2.05, 4.69) is 20.2 Å². The van der Waals surface area contributed by atoms with Gasteiger partial charge in [0.1, 0.15) is 6.33 Å². The molecule has 0 aliphatic rings. The predicted octanol–water partition coefficient (Wildman–Crippen LogP) is 1.85. The van der Waals surface area contributed by atoms with Crippen molar-refractivity contribution in [1.82, 2.24) is 20.2 Å². The highest BCUT2D eigenvalue weighted by Crippen LogP contribution is 2.20. The Kier molecular flexibility index (Phi) is 4.15. The van der Waals surface area contributed by atoms with E-state index in [0.29, 0.717) is 6.42 Å². The van der Waals surface area contributed by atoms with E-state index >= 15 is 0 Å². The van der Waals surface area contributed by atoms with Crippen molar-refractivity contribution in [2.45, 2.75) is 12.8 Å². The van der Waals surface area contributed by atoms with Gasteiger partial charge in [0, 0.05) is 34.5 Å². The number of rotatable bonds is 6. The molecule has 1 N–H and O–H groups in total. The molecular formula is C15H12N4O2S. The molecule has 0 bridgehead atoms. The molecule has 3 rings (SSSR count). The zero-order valence-electron chi connectivity index (χ0n) is 11.5. The Morgan fingerprint density at radius 1 is 1.09 bits per heavy atom. The first kappa shape index (κ1) is 14.3. The second kappa shape index (κ2) is 6.40. The Bertz CT molecular complexity index is 781. The standard InChI is InChI=1S/C15H12N4O2S/c20-13(14(21)15-17-9-18-19-15)8-12-5-4-11(22-12)7-10-3-1-2-6-16-10/h1-6,9H,7-8H2,(H,17,18,19). The van der Waals surface area contributed by atoms with E-state index in [0.717, 1.165) is 15.4 Å². The van der Waals surface area contributed by atoms with Crippen molar-refractivity contribution in [1.29, 1.82) is 0 Å². The van der Waals surface area contributed by atoms with Crippen LogP contribution in [0.2, 0.25) is 0 Å². The fourth-order valence-electron chi connectivity index (χ4n) is 1.98. The maximum absolute atomic E-state index is 11.9. The van der Waals surface area contributed by atoms with E-state index in [9.17, 15) is 9.59 Å². The Labute approximate surface area is 130 Å². The van der Waals surface area contributed by atoms with Gasteiger partial charge in [-0.3, -0.25) is 19.7 Å². The van der Waals surface area contributed by atoms with Crippen LogP contribution in [0.25, 0.3) is 0 Å². The van der Waals surface area contributed by atoms with Crippen molar-refractivity contribution in [2.24, 2.45) is 0 Å². The van der Waals surface area contributed by atoms with E-state index in [1.54, 1.807) is 6.20 Å². The molecule has 0 saturated carbocycles. The summed E-state index contributed by atoms with van der Waals surface area (Å²) in [5.41, 5.74) is 0.971. The highest BCUT2D eigenvalue weighted by Gasteiger charge is 2.20. The summed E-state index contributed by atoms with van der Waals surface area (Å²) in [6.45, 7) is 0. The Balaban J connectivity index is 1.64. The summed E-state index contributed by atoms with van der Waals surface area (Å²) in [7, 11) is 0. The average Bonchev–Trinajstić information content (AvgIpc) is 3.19. The van der Waals surface area contributed by atoms with Crippen LogP contribution in [0.1, 0.15) is 26.1 Å². The first-order valence-corrected chi connectivity index (χ1v) is 7.45. The molecule has 0 aromatic carbocycles. The molecule has 0 fully saturated rings. The van der Waals surface area contributed by atoms with Crippen molar-refractivity contribution in [3.8, 4) is 0 Å². The first-order chi connectivity index (χ1) is 10.7. The monoisotopic (exact) mass is 312 g/mol. The Hall–Kier alpha value is -2.67. The van der Waals surface area contributed by atoms with Gasteiger partial charge in [-0.05, 0) is 24.3 Å². The third-order valence-corrected chi connectivity index (χ3v) is 4.09. The van der Waals surface area contributed by atoms with E-state index in [1.165, 1.54) is 17.7 Å². The fourth-order valence-corrected chi connectivity index (χ4v) is 3.01. The number of nitrogens with zero attached hydrogens (tertiary/aromatic N) is 3. The molecular weight excluding hydrogens is 300 g/mol. The molecule has 0 atom stereocenters. The highest BCUT2D eigenvalue weighted by atomic mass is 32.1. The van der Waals surface area contributed by atoms with E-state index < -0.39 is 11.6 Å². The van der Waals surface area contributed by atoms with Gasteiger partial charge >= 0.3 is 0 Å². The van der Waals surface area contributed by atoms with Crippen LogP contribution in [0.4, 0.5) is 0 Å². The molecule has 6 nitrogen and oxygen atoms in total. The van der Waals surface area contributed by atoms with Gasteiger partial charge in [0.15, 0.2) is 0 Å². The zero-order valence-corrected chi connectivity index (χ0v) is 12.3. The number of carbonyl (C=O) groups excluding carboxylic acids is 2. The number of aromatic nitrogens is 4. The lowest BCUT2D eigenvalue weighted by Crippen LogP contribution is -2.17. The van der Waals surface area contributed by atoms with Crippen LogP contribution in [0.3, 0.4) is 0 Å². The maximum Gasteiger partial charge on any atom is 0.267 e. The van der Waals surface area contributed by atoms with E-state index in [1.807, 2.05) is 30.3 Å². The van der Waals surface area contributed by atoms with Crippen LogP contribution in [0, 0.1) is 0 Å². The van der Waals surface area contributed by atoms with Gasteiger partial charge in [-0.25, -0.2) is 4.98 Å². The second-order valence-corrected chi connectivity index (χ2v) is 5.87. The molecule has 0 saturated heterocycles. The fraction of sp³-hybridized carbons (Fsp3) is 0.133. The summed E-state index contributed by atoms with van der Waals surface area (Å²) in [5.74, 6) is -1.26. The summed E-state index contributed by atoms with van der Waals surface area (Å²) in [4.78, 5) is 33.7. The quantitative estimate of drug-likeness (QED) is 0.554. The molecule has 7 heteroatoms. The smallest absolute Gasteiger partial charge is 0.267 e. The molecule has 3 heterocycles. The van der Waals surface area contributed by atoms with Crippen LogP contribution in [-0.4, -0.2) is 31.7 Å². The Morgan fingerprint density at radius 2 is 1.95 bits per heavy atom. The zero-order chi connectivity index (χ0) is 15.4. The van der Waals surface area contributed by atoms with Gasteiger partial charge in [0.05, 0.1) is 0 Å². The number of pyridine rings is 1. The highest BCUT2D eigenvalue weighted by molar-refractivity contribution is 7.12. The molecule has 0 amide bonds. The number of hydrogen-bond donors (Lipinski definition) is 1. The number of hydrogen-bond acceptors (Lipinski definition) is 6. The third kappa shape index (κ3) is 3.32. The minimum atomic E-state index is -0.666. The van der Waals surface area contributed by atoms with Crippen LogP contribution in [-0.2, 0) is 17.6 Å². The van der Waals surface area contributed by atoms with Gasteiger partial charge in [-0.15, -0.1) is 16.4 Å². The number of H-pyrrole nitrogens is 1. The van der Waals surface area contributed by atoms with Crippen LogP contribution in [0.15, 0.2) is 42.9 Å². The summed E-state index contributed by atoms with van der Waals surface area (Å²) in [6, 6.07) is 9.59. The average molecular weight is 312 g/mol. The lowest BCUT2D eigenvalue weighted by molar-refractivity contribution is -0.114. The number of carbonyl (C=O) groups is 2. The van der Waals surface area contributed by atoms with Gasteiger partial charge < -0.3 is 0 Å². The lowest BCUT2D eigenvalue weighted by Gasteiger charge is -1.97. The van der Waals surface area contributed by atoms with Crippen LogP contribution >= 0.6 is 11.3 Å². The summed E-state index contributed by atoms with van der Waals surface area (Å²) < 4.78 is 0. The van der Waals surface area contributed by atoms with Crippen molar-refractivity contribution < 1.29 is 9.59 Å². The van der Waals surface area contributed by atoms with E-state index in [4.69, 9.17) is 0 Å². The SMILES string of the molecule is O=C(Cc1ccc(Cc2ccccn2)s1)C(=O)c1nc[nH]n1. The number of ketones is 2. The Morgan fingerprint density at radius 3 is 2.68 bits per heavy atom. The molecule has 0 aliphatic carbocycles. The number of thiophene rings is 1. The van der Waals surface area contributed by atoms with Crippen molar-refractivity contribution >= 4 is 22.9 Å². The number of Topliss-reactive ketones (excluding diaryl/α,β-unsaturated/α-hetero) is 2. The largest absolute Gasteiger partial charge is 0.290 e. The molecule has 0 spiro atoms. The molecule has 0 aliphatic heterocycles. The molecule has 0 unspecified atom stereocenters. The lowest BCUT2D eigenvalue weighted by atomic mass is 10.1. The second-order valence-electron chi connectivity index (χ2n) is 4.62. The van der Waals surface area contributed by atoms with E-state index in [-0.39, 0.29) is 12.2 Å². The molecule has 110 valence electrons. The number of nitrogens with one attached hydrogen (secondary N) is 1. The third-order valence-electron chi connectivity index (χ3n) is 3.00. The van der Waals surface area contributed by atoms with Gasteiger partial charge in [0.25, 0.3) is 5.78 Å². The molecule has 3 aromatic rings. The van der Waals surface area contributed by atoms with Crippen molar-refractivity contribution in [2.75, 3.05) is 0 Å². The van der Waals surface area contributed by atoms with Crippen LogP contribution in [0.5, 0.6) is 0 Å². The van der Waals surface area contributed by atoms with Gasteiger partial charge in [0.2, 0.25) is 11.6 Å². The maximum atomic E-state index is 11.9. The molecule has 0 radical (unpaired) electrons. The minimum absolute atomic E-state index is 0.0697. The van der Waals surface area contributed by atoms with Crippen LogP contribution < -0.4 is 0 Å². The van der Waals surface area contributed by atoms with Gasteiger partial charge in [-0.1, -0.05) is 6.07 Å². The summed E-state index contributed by atoms with van der Waals surface area (Å²) >= 11 is 1.51.